The molecular formula is C43H49F2N11O6. The van der Waals surface area contributed by atoms with E-state index in [4.69, 9.17) is 9.47 Å². The van der Waals surface area contributed by atoms with Crippen LogP contribution in [0.3, 0.4) is 0 Å². The summed E-state index contributed by atoms with van der Waals surface area (Å²) in [5.41, 5.74) is 2.25. The Bertz CT molecular complexity index is 2600. The molecule has 7 heterocycles. The number of ether oxygens (including phenoxy) is 2. The number of benzene rings is 1. The Kier molecular flexibility index (Phi) is 12.0. The van der Waals surface area contributed by atoms with E-state index in [1.807, 2.05) is 12.1 Å². The summed E-state index contributed by atoms with van der Waals surface area (Å²) in [6.45, 7) is 4.76. The van der Waals surface area contributed by atoms with Gasteiger partial charge in [0.2, 0.25) is 11.8 Å². The van der Waals surface area contributed by atoms with E-state index in [0.717, 1.165) is 58.2 Å². The van der Waals surface area contributed by atoms with Gasteiger partial charge in [0.1, 0.15) is 18.2 Å². The van der Waals surface area contributed by atoms with Crippen molar-refractivity contribution in [1.82, 2.24) is 49.0 Å². The SMILES string of the molecule is Cn1c(=O)n(C2CCC(=O)NC2=O)c2cccc(C#CCOC3CCN(C[C@H]4CC[C@H](n5cc(NC(=O)c6cnn7ccc(C8COCCN8)nc67)c(C(F)F)n5)CC4)CC3)c21. The largest absolute Gasteiger partial charge is 0.378 e. The highest BCUT2D eigenvalue weighted by Crippen LogP contribution is 2.36. The quantitative estimate of drug-likeness (QED) is 0.138. The highest BCUT2D eigenvalue weighted by molar-refractivity contribution is 6.08. The summed E-state index contributed by atoms with van der Waals surface area (Å²) in [6, 6.07) is 6.30. The first-order valence-electron chi connectivity index (χ1n) is 21.3. The molecule has 2 atom stereocenters. The fourth-order valence-corrected chi connectivity index (χ4v) is 9.31. The molecule has 9 rings (SSSR count). The van der Waals surface area contributed by atoms with Crippen LogP contribution in [0.5, 0.6) is 0 Å². The molecule has 1 saturated carbocycles. The topological polar surface area (TPSA) is 184 Å². The molecule has 62 heavy (non-hydrogen) atoms. The highest BCUT2D eigenvalue weighted by atomic mass is 19.3. The maximum absolute atomic E-state index is 14.2. The summed E-state index contributed by atoms with van der Waals surface area (Å²) in [4.78, 5) is 58.1. The number of fused-ring (bicyclic) bond motifs is 2. The molecular weight excluding hydrogens is 805 g/mol. The van der Waals surface area contributed by atoms with Gasteiger partial charge in [0, 0.05) is 52.0 Å². The van der Waals surface area contributed by atoms with Crippen LogP contribution in [0.1, 0.15) is 103 Å². The third-order valence-electron chi connectivity index (χ3n) is 12.6. The van der Waals surface area contributed by atoms with Gasteiger partial charge in [-0.25, -0.2) is 23.1 Å². The van der Waals surface area contributed by atoms with Gasteiger partial charge in [-0.1, -0.05) is 17.9 Å². The zero-order valence-electron chi connectivity index (χ0n) is 34.4. The van der Waals surface area contributed by atoms with Crippen LogP contribution < -0.4 is 21.6 Å². The van der Waals surface area contributed by atoms with Gasteiger partial charge in [-0.3, -0.25) is 33.5 Å². The minimum Gasteiger partial charge on any atom is -0.378 e. The molecule has 0 bridgehead atoms. The lowest BCUT2D eigenvalue weighted by Crippen LogP contribution is -2.44. The molecule has 3 N–H and O–H groups in total. The average Bonchev–Trinajstić information content (AvgIpc) is 3.98. The minimum atomic E-state index is -2.87. The smallest absolute Gasteiger partial charge is 0.329 e. The van der Waals surface area contributed by atoms with Crippen LogP contribution in [0.2, 0.25) is 0 Å². The second-order valence-electron chi connectivity index (χ2n) is 16.6. The van der Waals surface area contributed by atoms with E-state index in [1.165, 1.54) is 26.0 Å². The highest BCUT2D eigenvalue weighted by Gasteiger charge is 2.33. The first-order valence-corrected chi connectivity index (χ1v) is 21.3. The maximum Gasteiger partial charge on any atom is 0.329 e. The molecule has 2 unspecified atom stereocenters. The Morgan fingerprint density at radius 2 is 1.90 bits per heavy atom. The number of anilines is 1. The van der Waals surface area contributed by atoms with Gasteiger partial charge in [0.15, 0.2) is 11.3 Å². The number of hydrogen-bond donors (Lipinski definition) is 3. The molecule has 1 aromatic carbocycles. The van der Waals surface area contributed by atoms with Gasteiger partial charge in [-0.2, -0.15) is 10.2 Å². The van der Waals surface area contributed by atoms with Gasteiger partial charge in [0.25, 0.3) is 12.3 Å². The van der Waals surface area contributed by atoms with Crippen LogP contribution in [-0.2, 0) is 26.1 Å². The molecule has 326 valence electrons. The number of para-hydroxylation sites is 1. The lowest BCUT2D eigenvalue weighted by atomic mass is 9.85. The van der Waals surface area contributed by atoms with Gasteiger partial charge in [-0.05, 0) is 69.1 Å². The normalized spacial score (nSPS) is 22.8. The molecule has 4 aliphatic rings. The molecule has 0 spiro atoms. The van der Waals surface area contributed by atoms with Crippen molar-refractivity contribution >= 4 is 40.1 Å². The monoisotopic (exact) mass is 853 g/mol. The van der Waals surface area contributed by atoms with E-state index in [9.17, 15) is 28.0 Å². The van der Waals surface area contributed by atoms with Gasteiger partial charge in [0.05, 0.1) is 65.6 Å². The molecule has 3 saturated heterocycles. The third-order valence-corrected chi connectivity index (χ3v) is 12.6. The molecule has 3 aliphatic heterocycles. The Morgan fingerprint density at radius 3 is 2.66 bits per heavy atom. The van der Waals surface area contributed by atoms with E-state index < -0.39 is 30.0 Å². The number of rotatable bonds is 10. The van der Waals surface area contributed by atoms with Crippen LogP contribution >= 0.6 is 0 Å². The van der Waals surface area contributed by atoms with E-state index in [1.54, 1.807) is 30.1 Å². The molecule has 17 nitrogen and oxygen atoms in total. The predicted octanol–water partition coefficient (Wildman–Crippen LogP) is 3.67. The second-order valence-corrected chi connectivity index (χ2v) is 16.6. The lowest BCUT2D eigenvalue weighted by molar-refractivity contribution is -0.135. The number of aryl methyl sites for hydroxylation is 1. The number of imidazole rings is 1. The van der Waals surface area contributed by atoms with Crippen molar-refractivity contribution in [2.45, 2.75) is 82.0 Å². The van der Waals surface area contributed by atoms with Gasteiger partial charge in [-0.15, -0.1) is 0 Å². The zero-order valence-corrected chi connectivity index (χ0v) is 34.4. The van der Waals surface area contributed by atoms with Crippen LogP contribution in [-0.4, -0.2) is 108 Å². The van der Waals surface area contributed by atoms with Gasteiger partial charge < -0.3 is 25.0 Å². The van der Waals surface area contributed by atoms with Crippen LogP contribution in [0, 0.1) is 17.8 Å². The molecule has 4 fully saturated rings. The van der Waals surface area contributed by atoms with Crippen molar-refractivity contribution in [2.75, 3.05) is 51.3 Å². The Morgan fingerprint density at radius 1 is 1.08 bits per heavy atom. The summed E-state index contributed by atoms with van der Waals surface area (Å²) in [5.74, 6) is 5.35. The summed E-state index contributed by atoms with van der Waals surface area (Å²) in [6.07, 6.45) is 7.50. The number of nitrogens with zero attached hydrogens (tertiary/aromatic N) is 8. The number of likely N-dealkylation sites (tertiary alicyclic amines) is 1. The molecule has 3 amide bonds. The standard InChI is InChI=1S/C43H49F2N11O6/c1-52-38-27(4-2-6-34(38)56(43(52)60)35-11-12-36(57)50-42(35)59)5-3-20-62-29-13-17-53(18-14-29)23-26-7-9-28(10-8-26)55-24-32(37(51-55)39(44)45)49-41(58)30-22-47-54-19-15-31(48-40(30)54)33-25-61-21-16-46-33/h2,4,6,15,19,22,24,26,28-29,33,35,39,46H,7-14,16-18,20-21,23,25H2,1H3,(H,49,58)(H,50,57,59)/t26-,28-,33?,35?. The van der Waals surface area contributed by atoms with Crippen molar-refractivity contribution in [3.05, 3.63) is 75.9 Å². The Balaban J connectivity index is 0.748. The summed E-state index contributed by atoms with van der Waals surface area (Å²) < 4.78 is 46.2. The molecule has 0 radical (unpaired) electrons. The van der Waals surface area contributed by atoms with Crippen molar-refractivity contribution in [2.24, 2.45) is 13.0 Å². The number of carbonyl (C=O) groups excluding carboxylic acids is 3. The first kappa shape index (κ1) is 41.5. The van der Waals surface area contributed by atoms with E-state index in [2.05, 4.69) is 47.9 Å². The number of imide groups is 1. The molecule has 4 aromatic heterocycles. The van der Waals surface area contributed by atoms with Crippen LogP contribution in [0.25, 0.3) is 16.7 Å². The van der Waals surface area contributed by atoms with Crippen molar-refractivity contribution in [3.63, 3.8) is 0 Å². The molecule has 5 aromatic rings. The van der Waals surface area contributed by atoms with Gasteiger partial charge >= 0.3 is 5.69 Å². The number of hydrogen-bond acceptors (Lipinski definition) is 11. The van der Waals surface area contributed by atoms with E-state index >= 15 is 0 Å². The summed E-state index contributed by atoms with van der Waals surface area (Å²) in [7, 11) is 1.66. The number of morpholine rings is 1. The lowest BCUT2D eigenvalue weighted by Gasteiger charge is -2.36. The van der Waals surface area contributed by atoms with Crippen molar-refractivity contribution in [3.8, 4) is 11.8 Å². The first-order chi connectivity index (χ1) is 30.1. The van der Waals surface area contributed by atoms with E-state index in [-0.39, 0.29) is 60.5 Å². The van der Waals surface area contributed by atoms with Crippen molar-refractivity contribution in [1.29, 1.82) is 0 Å². The number of nitrogens with one attached hydrogen (secondary N) is 3. The van der Waals surface area contributed by atoms with Crippen LogP contribution in [0.15, 0.2) is 47.7 Å². The fourth-order valence-electron chi connectivity index (χ4n) is 9.31. The average molecular weight is 854 g/mol. The summed E-state index contributed by atoms with van der Waals surface area (Å²) in [5, 5.41) is 16.9. The number of alkyl halides is 2. The predicted molar refractivity (Wildman–Crippen MR) is 222 cm³/mol. The van der Waals surface area contributed by atoms with E-state index in [0.29, 0.717) is 53.6 Å². The number of carbonyl (C=O) groups is 3. The Hall–Kier alpha value is -5.81. The zero-order chi connectivity index (χ0) is 42.9. The number of piperidine rings is 2. The number of aromatic nitrogens is 7. The molecule has 1 aliphatic carbocycles. The number of halogens is 2. The second kappa shape index (κ2) is 17.9. The Labute approximate surface area is 355 Å². The maximum atomic E-state index is 14.2. The third kappa shape index (κ3) is 8.51. The van der Waals surface area contributed by atoms with Crippen molar-refractivity contribution < 1.29 is 32.6 Å². The molecule has 19 heteroatoms. The fraction of sp³-hybridized carbons (Fsp3) is 0.512. The number of amides is 3. The minimum absolute atomic E-state index is 0.0212. The van der Waals surface area contributed by atoms with Crippen LogP contribution in [0.4, 0.5) is 14.5 Å². The summed E-state index contributed by atoms with van der Waals surface area (Å²) >= 11 is 0.